The Kier molecular flexibility index (Phi) is 4.12. The van der Waals surface area contributed by atoms with E-state index in [2.05, 4.69) is 15.9 Å². The van der Waals surface area contributed by atoms with Gasteiger partial charge in [-0.15, -0.1) is 0 Å². The summed E-state index contributed by atoms with van der Waals surface area (Å²) in [7, 11) is 3.38. The lowest BCUT2D eigenvalue weighted by Gasteiger charge is -2.10. The lowest BCUT2D eigenvalue weighted by molar-refractivity contribution is -0.128. The molecule has 0 aliphatic carbocycles. The second-order valence-corrected chi connectivity index (χ2v) is 4.40. The fourth-order valence-electron chi connectivity index (χ4n) is 1.21. The predicted octanol–water partition coefficient (Wildman–Crippen LogP) is 1.43. The Labute approximate surface area is 102 Å². The highest BCUT2D eigenvalue weighted by atomic mass is 79.9. The largest absolute Gasteiger partial charge is 0.478 e. The minimum Gasteiger partial charge on any atom is -0.478 e. The van der Waals surface area contributed by atoms with Crippen LogP contribution in [0.5, 0.6) is 0 Å². The molecule has 0 radical (unpaired) electrons. The molecule has 1 amide bonds. The average Bonchev–Trinajstić information content (AvgIpc) is 2.56. The lowest BCUT2D eigenvalue weighted by atomic mass is 10.3. The van der Waals surface area contributed by atoms with Gasteiger partial charge in [0.05, 0.1) is 10.2 Å². The second kappa shape index (κ2) is 5.16. The van der Waals surface area contributed by atoms with Crippen LogP contribution in [0.15, 0.2) is 16.9 Å². The Morgan fingerprint density at radius 3 is 2.56 bits per heavy atom. The molecule has 0 spiro atoms. The number of hydrogen-bond acceptors (Lipinski definition) is 2. The smallest absolute Gasteiger partial charge is 0.337 e. The number of aryl methyl sites for hydroxylation is 1. The molecule has 1 heterocycles. The standard InChI is InChI=1S/C10H13BrN2O3/c1-12(2)9(14)3-4-13-6-7(10(15)16)5-8(13)11/h5-6H,3-4H2,1-2H3,(H,15,16). The number of carbonyl (C=O) groups excluding carboxylic acids is 1. The summed E-state index contributed by atoms with van der Waals surface area (Å²) >= 11 is 3.25. The zero-order valence-electron chi connectivity index (χ0n) is 9.11. The predicted molar refractivity (Wildman–Crippen MR) is 62.4 cm³/mol. The summed E-state index contributed by atoms with van der Waals surface area (Å²) in [4.78, 5) is 23.6. The molecule has 0 aliphatic rings. The van der Waals surface area contributed by atoms with Gasteiger partial charge in [0.25, 0.3) is 0 Å². The molecule has 0 bridgehead atoms. The van der Waals surface area contributed by atoms with Crippen LogP contribution >= 0.6 is 15.9 Å². The van der Waals surface area contributed by atoms with E-state index >= 15 is 0 Å². The first-order chi connectivity index (χ1) is 7.41. The molecule has 1 aromatic heterocycles. The molecule has 88 valence electrons. The number of carboxylic acid groups (broad SMARTS) is 1. The van der Waals surface area contributed by atoms with Gasteiger partial charge in [0.2, 0.25) is 5.91 Å². The third-order valence-electron chi connectivity index (χ3n) is 2.16. The van der Waals surface area contributed by atoms with Crippen molar-refractivity contribution in [2.75, 3.05) is 14.1 Å². The van der Waals surface area contributed by atoms with Gasteiger partial charge in [-0.3, -0.25) is 4.79 Å². The molecule has 16 heavy (non-hydrogen) atoms. The normalized spacial score (nSPS) is 10.2. The van der Waals surface area contributed by atoms with E-state index in [1.165, 1.54) is 17.2 Å². The summed E-state index contributed by atoms with van der Waals surface area (Å²) in [5.41, 5.74) is 0.212. The van der Waals surface area contributed by atoms with Gasteiger partial charge in [-0.25, -0.2) is 4.79 Å². The molecular weight excluding hydrogens is 276 g/mol. The summed E-state index contributed by atoms with van der Waals surface area (Å²) in [6.45, 7) is 0.463. The number of aromatic carboxylic acids is 1. The number of carboxylic acids is 1. The van der Waals surface area contributed by atoms with Gasteiger partial charge in [-0.1, -0.05) is 0 Å². The van der Waals surface area contributed by atoms with Gasteiger partial charge >= 0.3 is 5.97 Å². The summed E-state index contributed by atoms with van der Waals surface area (Å²) in [5, 5.41) is 8.78. The van der Waals surface area contributed by atoms with Gasteiger partial charge < -0.3 is 14.6 Å². The van der Waals surface area contributed by atoms with Crippen LogP contribution in [0.2, 0.25) is 0 Å². The van der Waals surface area contributed by atoms with Gasteiger partial charge in [0.15, 0.2) is 0 Å². The first kappa shape index (κ1) is 12.8. The minimum absolute atomic E-state index is 0.0116. The molecule has 0 fully saturated rings. The molecular formula is C10H13BrN2O3. The highest BCUT2D eigenvalue weighted by Gasteiger charge is 2.10. The Morgan fingerprint density at radius 1 is 1.50 bits per heavy atom. The monoisotopic (exact) mass is 288 g/mol. The van der Waals surface area contributed by atoms with E-state index < -0.39 is 5.97 Å². The first-order valence-corrected chi connectivity index (χ1v) is 5.50. The third-order valence-corrected chi connectivity index (χ3v) is 2.84. The molecule has 1 rings (SSSR count). The van der Waals surface area contributed by atoms with E-state index in [0.717, 1.165) is 0 Å². The van der Waals surface area contributed by atoms with Gasteiger partial charge in [0.1, 0.15) is 0 Å². The van der Waals surface area contributed by atoms with Crippen molar-refractivity contribution in [3.8, 4) is 0 Å². The number of rotatable bonds is 4. The van der Waals surface area contributed by atoms with Crippen LogP contribution in [0, 0.1) is 0 Å². The van der Waals surface area contributed by atoms with Crippen molar-refractivity contribution in [2.45, 2.75) is 13.0 Å². The van der Waals surface area contributed by atoms with E-state index in [0.29, 0.717) is 17.6 Å². The number of carbonyl (C=O) groups is 2. The lowest BCUT2D eigenvalue weighted by Crippen LogP contribution is -2.22. The van der Waals surface area contributed by atoms with Crippen LogP contribution in [0.4, 0.5) is 0 Å². The van der Waals surface area contributed by atoms with Crippen molar-refractivity contribution in [1.82, 2.24) is 9.47 Å². The summed E-state index contributed by atoms with van der Waals surface area (Å²) < 4.78 is 2.36. The van der Waals surface area contributed by atoms with Crippen molar-refractivity contribution in [3.63, 3.8) is 0 Å². The molecule has 1 aromatic rings. The molecule has 0 aromatic carbocycles. The molecule has 0 unspecified atom stereocenters. The second-order valence-electron chi connectivity index (χ2n) is 3.59. The molecule has 5 nitrogen and oxygen atoms in total. The zero-order valence-corrected chi connectivity index (χ0v) is 10.7. The zero-order chi connectivity index (χ0) is 12.3. The van der Waals surface area contributed by atoms with E-state index in [9.17, 15) is 9.59 Å². The van der Waals surface area contributed by atoms with Crippen LogP contribution in [0.3, 0.4) is 0 Å². The van der Waals surface area contributed by atoms with Crippen molar-refractivity contribution in [2.24, 2.45) is 0 Å². The molecule has 6 heteroatoms. The highest BCUT2D eigenvalue weighted by Crippen LogP contribution is 2.16. The fourth-order valence-corrected chi connectivity index (χ4v) is 1.73. The topological polar surface area (TPSA) is 62.5 Å². The fraction of sp³-hybridized carbons (Fsp3) is 0.400. The van der Waals surface area contributed by atoms with E-state index in [4.69, 9.17) is 5.11 Å². The maximum Gasteiger partial charge on any atom is 0.337 e. The van der Waals surface area contributed by atoms with E-state index in [1.807, 2.05) is 0 Å². The van der Waals surface area contributed by atoms with Crippen molar-refractivity contribution in [3.05, 3.63) is 22.4 Å². The number of hydrogen-bond donors (Lipinski definition) is 1. The maximum absolute atomic E-state index is 11.3. The molecule has 0 saturated carbocycles. The Balaban J connectivity index is 2.67. The van der Waals surface area contributed by atoms with Crippen LogP contribution in [-0.4, -0.2) is 40.5 Å². The van der Waals surface area contributed by atoms with Crippen molar-refractivity contribution >= 4 is 27.8 Å². The SMILES string of the molecule is CN(C)C(=O)CCn1cc(C(=O)O)cc1Br. The van der Waals surface area contributed by atoms with E-state index in [1.54, 1.807) is 18.7 Å². The molecule has 1 N–H and O–H groups in total. The van der Waals surface area contributed by atoms with Crippen LogP contribution in [0.25, 0.3) is 0 Å². The van der Waals surface area contributed by atoms with Crippen LogP contribution in [-0.2, 0) is 11.3 Å². The Hall–Kier alpha value is -1.30. The van der Waals surface area contributed by atoms with Gasteiger partial charge in [-0.2, -0.15) is 0 Å². The third kappa shape index (κ3) is 3.10. The Morgan fingerprint density at radius 2 is 2.12 bits per heavy atom. The molecule has 0 aliphatic heterocycles. The van der Waals surface area contributed by atoms with Crippen molar-refractivity contribution < 1.29 is 14.7 Å². The van der Waals surface area contributed by atoms with Crippen LogP contribution < -0.4 is 0 Å². The Bertz CT molecular complexity index is 412. The molecule has 0 saturated heterocycles. The quantitative estimate of drug-likeness (QED) is 0.912. The number of nitrogens with zero attached hydrogens (tertiary/aromatic N) is 2. The summed E-state index contributed by atoms with van der Waals surface area (Å²) in [6.07, 6.45) is 1.86. The summed E-state index contributed by atoms with van der Waals surface area (Å²) in [5.74, 6) is -0.962. The van der Waals surface area contributed by atoms with Crippen molar-refractivity contribution in [1.29, 1.82) is 0 Å². The average molecular weight is 289 g/mol. The highest BCUT2D eigenvalue weighted by molar-refractivity contribution is 9.10. The number of amides is 1. The maximum atomic E-state index is 11.3. The minimum atomic E-state index is -0.974. The van der Waals surface area contributed by atoms with Crippen LogP contribution in [0.1, 0.15) is 16.8 Å². The first-order valence-electron chi connectivity index (χ1n) is 4.71. The van der Waals surface area contributed by atoms with Gasteiger partial charge in [0, 0.05) is 33.3 Å². The van der Waals surface area contributed by atoms with E-state index in [-0.39, 0.29) is 11.5 Å². The number of halogens is 1. The van der Waals surface area contributed by atoms with Gasteiger partial charge in [-0.05, 0) is 22.0 Å². The summed E-state index contributed by atoms with van der Waals surface area (Å²) in [6, 6.07) is 1.52. The molecule has 0 atom stereocenters. The number of aromatic nitrogens is 1.